The number of benzene rings is 2. The summed E-state index contributed by atoms with van der Waals surface area (Å²) >= 11 is 6.40. The lowest BCUT2D eigenvalue weighted by atomic mass is 9.93. The van der Waals surface area contributed by atoms with Gasteiger partial charge >= 0.3 is 5.97 Å². The second-order valence-corrected chi connectivity index (χ2v) is 6.19. The molecule has 1 heterocycles. The molecule has 0 amide bonds. The van der Waals surface area contributed by atoms with E-state index in [9.17, 15) is 4.79 Å². The summed E-state index contributed by atoms with van der Waals surface area (Å²) in [5.74, 6) is -0.334. The van der Waals surface area contributed by atoms with E-state index >= 15 is 0 Å². The average molecular weight is 354 g/mol. The van der Waals surface area contributed by atoms with E-state index < -0.39 is 0 Å². The molecule has 25 heavy (non-hydrogen) atoms. The molecule has 3 rings (SSSR count). The minimum atomic E-state index is -0.334. The SMILES string of the molecule is CCCc1nc2c(Cl)cccc2c(-c2ccccc2)c1C(=O)OCC. The predicted molar refractivity (Wildman–Crippen MR) is 102 cm³/mol. The van der Waals surface area contributed by atoms with Gasteiger partial charge in [-0.15, -0.1) is 0 Å². The molecule has 0 fully saturated rings. The van der Waals surface area contributed by atoms with Crippen LogP contribution in [0, 0.1) is 0 Å². The molecular formula is C21H20ClNO2. The normalized spacial score (nSPS) is 10.8. The molecule has 0 bridgehead atoms. The lowest BCUT2D eigenvalue weighted by Gasteiger charge is -2.17. The van der Waals surface area contributed by atoms with Gasteiger partial charge in [0.1, 0.15) is 0 Å². The van der Waals surface area contributed by atoms with E-state index in [0.29, 0.717) is 23.6 Å². The summed E-state index contributed by atoms with van der Waals surface area (Å²) in [6, 6.07) is 15.5. The first-order valence-electron chi connectivity index (χ1n) is 8.51. The summed E-state index contributed by atoms with van der Waals surface area (Å²) in [4.78, 5) is 17.5. The van der Waals surface area contributed by atoms with Crippen LogP contribution in [0.2, 0.25) is 5.02 Å². The highest BCUT2D eigenvalue weighted by atomic mass is 35.5. The molecule has 2 aromatic carbocycles. The Bertz CT molecular complexity index is 907. The van der Waals surface area contributed by atoms with E-state index in [4.69, 9.17) is 21.3 Å². The highest BCUT2D eigenvalue weighted by Crippen LogP contribution is 2.36. The number of nitrogens with zero attached hydrogens (tertiary/aromatic N) is 1. The number of carbonyl (C=O) groups is 1. The maximum absolute atomic E-state index is 12.8. The highest BCUT2D eigenvalue weighted by Gasteiger charge is 2.23. The maximum Gasteiger partial charge on any atom is 0.340 e. The summed E-state index contributed by atoms with van der Waals surface area (Å²) in [5, 5.41) is 1.45. The number of fused-ring (bicyclic) bond motifs is 1. The van der Waals surface area contributed by atoms with Crippen molar-refractivity contribution in [3.63, 3.8) is 0 Å². The van der Waals surface area contributed by atoms with Crippen molar-refractivity contribution in [2.75, 3.05) is 6.61 Å². The van der Waals surface area contributed by atoms with Crippen LogP contribution < -0.4 is 0 Å². The first-order valence-corrected chi connectivity index (χ1v) is 8.88. The third-order valence-corrected chi connectivity index (χ3v) is 4.38. The van der Waals surface area contributed by atoms with Crippen molar-refractivity contribution >= 4 is 28.5 Å². The van der Waals surface area contributed by atoms with Gasteiger partial charge in [-0.05, 0) is 25.0 Å². The number of aromatic nitrogens is 1. The van der Waals surface area contributed by atoms with E-state index in [1.165, 1.54) is 0 Å². The fraction of sp³-hybridized carbons (Fsp3) is 0.238. The number of carbonyl (C=O) groups excluding carboxylic acids is 1. The number of ether oxygens (including phenoxy) is 1. The Morgan fingerprint density at radius 3 is 2.52 bits per heavy atom. The fourth-order valence-corrected chi connectivity index (χ4v) is 3.26. The molecule has 3 nitrogen and oxygen atoms in total. The number of esters is 1. The Kier molecular flexibility index (Phi) is 5.34. The molecule has 4 heteroatoms. The molecule has 3 aromatic rings. The number of para-hydroxylation sites is 1. The third kappa shape index (κ3) is 3.38. The molecule has 0 saturated carbocycles. The summed E-state index contributed by atoms with van der Waals surface area (Å²) in [6.45, 7) is 4.20. The lowest BCUT2D eigenvalue weighted by Crippen LogP contribution is -2.12. The van der Waals surface area contributed by atoms with Crippen LogP contribution in [-0.4, -0.2) is 17.6 Å². The van der Waals surface area contributed by atoms with Crippen molar-refractivity contribution in [1.82, 2.24) is 4.98 Å². The minimum Gasteiger partial charge on any atom is -0.462 e. The van der Waals surface area contributed by atoms with Gasteiger partial charge < -0.3 is 4.74 Å². The van der Waals surface area contributed by atoms with Gasteiger partial charge in [-0.2, -0.15) is 0 Å². The van der Waals surface area contributed by atoms with E-state index in [-0.39, 0.29) is 5.97 Å². The van der Waals surface area contributed by atoms with Crippen molar-refractivity contribution in [2.24, 2.45) is 0 Å². The van der Waals surface area contributed by atoms with Crippen LogP contribution in [0.15, 0.2) is 48.5 Å². The van der Waals surface area contributed by atoms with Crippen molar-refractivity contribution in [1.29, 1.82) is 0 Å². The summed E-state index contributed by atoms with van der Waals surface area (Å²) in [5.41, 5.74) is 3.80. The molecule has 0 atom stereocenters. The first kappa shape index (κ1) is 17.4. The van der Waals surface area contributed by atoms with Crippen LogP contribution in [0.3, 0.4) is 0 Å². The molecular weight excluding hydrogens is 334 g/mol. The first-order chi connectivity index (χ1) is 12.2. The van der Waals surface area contributed by atoms with Crippen molar-refractivity contribution in [3.8, 4) is 11.1 Å². The van der Waals surface area contributed by atoms with Gasteiger partial charge in [0.15, 0.2) is 0 Å². The van der Waals surface area contributed by atoms with E-state index in [0.717, 1.165) is 34.1 Å². The lowest BCUT2D eigenvalue weighted by molar-refractivity contribution is 0.0525. The third-order valence-electron chi connectivity index (χ3n) is 4.07. The molecule has 0 radical (unpaired) electrons. The number of rotatable bonds is 5. The van der Waals surface area contributed by atoms with Crippen LogP contribution in [0.4, 0.5) is 0 Å². The highest BCUT2D eigenvalue weighted by molar-refractivity contribution is 6.35. The number of aryl methyl sites for hydroxylation is 1. The Morgan fingerprint density at radius 1 is 1.08 bits per heavy atom. The monoisotopic (exact) mass is 353 g/mol. The predicted octanol–water partition coefficient (Wildman–Crippen LogP) is 5.68. The molecule has 128 valence electrons. The Morgan fingerprint density at radius 2 is 1.84 bits per heavy atom. The molecule has 0 aliphatic carbocycles. The molecule has 0 N–H and O–H groups in total. The largest absolute Gasteiger partial charge is 0.462 e. The minimum absolute atomic E-state index is 0.326. The smallest absolute Gasteiger partial charge is 0.340 e. The number of halogens is 1. The number of pyridine rings is 1. The second-order valence-electron chi connectivity index (χ2n) is 5.78. The van der Waals surface area contributed by atoms with Crippen molar-refractivity contribution in [2.45, 2.75) is 26.7 Å². The quantitative estimate of drug-likeness (QED) is 0.553. The number of hydrogen-bond acceptors (Lipinski definition) is 3. The van der Waals surface area contributed by atoms with Crippen LogP contribution in [0.25, 0.3) is 22.0 Å². The molecule has 0 unspecified atom stereocenters. The second kappa shape index (κ2) is 7.66. The zero-order valence-electron chi connectivity index (χ0n) is 14.4. The molecule has 0 aliphatic rings. The summed E-state index contributed by atoms with van der Waals surface area (Å²) in [6.07, 6.45) is 1.57. The van der Waals surface area contributed by atoms with Gasteiger partial charge in [-0.3, -0.25) is 4.98 Å². The van der Waals surface area contributed by atoms with Gasteiger partial charge in [0.05, 0.1) is 28.4 Å². The topological polar surface area (TPSA) is 39.2 Å². The number of hydrogen-bond donors (Lipinski definition) is 0. The van der Waals surface area contributed by atoms with E-state index in [2.05, 4.69) is 6.92 Å². The van der Waals surface area contributed by atoms with E-state index in [1.807, 2.05) is 55.5 Å². The van der Waals surface area contributed by atoms with Gasteiger partial charge in [-0.1, -0.05) is 67.4 Å². The van der Waals surface area contributed by atoms with Crippen molar-refractivity contribution in [3.05, 3.63) is 64.8 Å². The molecule has 0 aliphatic heterocycles. The maximum atomic E-state index is 12.8. The van der Waals surface area contributed by atoms with E-state index in [1.54, 1.807) is 0 Å². The molecule has 1 aromatic heterocycles. The van der Waals surface area contributed by atoms with Crippen molar-refractivity contribution < 1.29 is 9.53 Å². The van der Waals surface area contributed by atoms with Gasteiger partial charge in [0.25, 0.3) is 0 Å². The van der Waals surface area contributed by atoms with Gasteiger partial charge in [0.2, 0.25) is 0 Å². The molecule has 0 saturated heterocycles. The van der Waals surface area contributed by atoms with Crippen LogP contribution in [-0.2, 0) is 11.2 Å². The Labute approximate surface area is 152 Å². The van der Waals surface area contributed by atoms with Gasteiger partial charge in [-0.25, -0.2) is 4.79 Å². The fourth-order valence-electron chi connectivity index (χ4n) is 3.05. The Hall–Kier alpha value is -2.39. The summed E-state index contributed by atoms with van der Waals surface area (Å²) in [7, 11) is 0. The van der Waals surface area contributed by atoms with Crippen LogP contribution >= 0.6 is 11.6 Å². The Balaban J connectivity index is 2.43. The van der Waals surface area contributed by atoms with Crippen LogP contribution in [0.5, 0.6) is 0 Å². The zero-order valence-corrected chi connectivity index (χ0v) is 15.1. The summed E-state index contributed by atoms with van der Waals surface area (Å²) < 4.78 is 5.34. The molecule has 0 spiro atoms. The standard InChI is InChI=1S/C21H20ClNO2/c1-3-9-17-19(21(24)25-4-2)18(14-10-6-5-7-11-14)15-12-8-13-16(22)20(15)23-17/h5-8,10-13H,3-4,9H2,1-2H3. The average Bonchev–Trinajstić information content (AvgIpc) is 2.62. The van der Waals surface area contributed by atoms with Gasteiger partial charge in [0, 0.05) is 10.9 Å². The zero-order chi connectivity index (χ0) is 17.8. The van der Waals surface area contributed by atoms with Crippen LogP contribution in [0.1, 0.15) is 36.3 Å².